The van der Waals surface area contributed by atoms with Crippen LogP contribution in [0.4, 0.5) is 18.9 Å². The number of rotatable bonds is 9. The van der Waals surface area contributed by atoms with E-state index >= 15 is 0 Å². The van der Waals surface area contributed by atoms with Gasteiger partial charge in [-0.3, -0.25) is 9.78 Å². The van der Waals surface area contributed by atoms with E-state index in [1.54, 1.807) is 19.2 Å². The van der Waals surface area contributed by atoms with Crippen LogP contribution in [0.5, 0.6) is 11.5 Å². The Morgan fingerprint density at radius 3 is 2.43 bits per heavy atom. The van der Waals surface area contributed by atoms with E-state index in [1.165, 1.54) is 12.4 Å². The average Bonchev–Trinajstić information content (AvgIpc) is 2.99. The number of hydrogen-bond acceptors (Lipinski definition) is 7. The second-order valence-corrected chi connectivity index (χ2v) is 10.3. The molecule has 2 aromatic carbocycles. The van der Waals surface area contributed by atoms with Crippen molar-refractivity contribution < 1.29 is 27.4 Å². The molecule has 5 rings (SSSR count). The molecule has 11 heteroatoms. The van der Waals surface area contributed by atoms with E-state index in [2.05, 4.69) is 32.1 Å². The first-order valence-corrected chi connectivity index (χ1v) is 13.8. The van der Waals surface area contributed by atoms with Crippen molar-refractivity contribution in [3.8, 4) is 22.8 Å². The fourth-order valence-corrected chi connectivity index (χ4v) is 5.04. The van der Waals surface area contributed by atoms with Crippen molar-refractivity contribution in [3.05, 3.63) is 72.3 Å². The van der Waals surface area contributed by atoms with Gasteiger partial charge in [-0.05, 0) is 68.2 Å². The van der Waals surface area contributed by atoms with Crippen LogP contribution in [0.2, 0.25) is 0 Å². The van der Waals surface area contributed by atoms with Crippen LogP contribution in [-0.4, -0.2) is 59.1 Å². The first kappa shape index (κ1) is 29.2. The minimum atomic E-state index is -4.52. The highest BCUT2D eigenvalue weighted by Gasteiger charge is 2.32. The molecule has 0 bridgehead atoms. The Morgan fingerprint density at radius 1 is 1.02 bits per heavy atom. The van der Waals surface area contributed by atoms with Crippen molar-refractivity contribution in [2.45, 2.75) is 32.4 Å². The largest absolute Gasteiger partial charge is 0.493 e. The number of halogens is 3. The molecule has 1 saturated heterocycles. The maximum atomic E-state index is 12.7. The third kappa shape index (κ3) is 6.96. The maximum Gasteiger partial charge on any atom is 0.433 e. The summed E-state index contributed by atoms with van der Waals surface area (Å²) < 4.78 is 50.0. The number of hydrogen-bond donors (Lipinski definition) is 1. The van der Waals surface area contributed by atoms with E-state index in [-0.39, 0.29) is 12.3 Å². The number of benzene rings is 2. The Balaban J connectivity index is 1.26. The summed E-state index contributed by atoms with van der Waals surface area (Å²) in [5.74, 6) is 1.38. The van der Waals surface area contributed by atoms with Crippen LogP contribution >= 0.6 is 0 Å². The summed E-state index contributed by atoms with van der Waals surface area (Å²) in [5, 5.41) is 3.56. The van der Waals surface area contributed by atoms with Gasteiger partial charge in [-0.1, -0.05) is 25.1 Å². The lowest BCUT2D eigenvalue weighted by Gasteiger charge is -2.30. The van der Waals surface area contributed by atoms with Gasteiger partial charge in [0.05, 0.1) is 31.3 Å². The number of ether oxygens (including phenoxy) is 2. The Kier molecular flexibility index (Phi) is 8.86. The quantitative estimate of drug-likeness (QED) is 0.260. The van der Waals surface area contributed by atoms with E-state index < -0.39 is 11.9 Å². The standard InChI is InChI=1S/C31H32F3N5O3/c1-3-39-12-10-20(11-13-39)18-42-27-16-25-24(15-26(27)41-2)30(37-19-36-25)22-5-7-23(8-6-22)38-29(40)14-21-4-9-28(35-17-21)31(32,33)34/h4-9,15-17,19-20H,3,10-14,18H2,1-2H3,(H,38,40). The van der Waals surface area contributed by atoms with Gasteiger partial charge >= 0.3 is 6.18 Å². The summed E-state index contributed by atoms with van der Waals surface area (Å²) in [4.78, 5) is 27.3. The van der Waals surface area contributed by atoms with E-state index in [0.29, 0.717) is 41.0 Å². The van der Waals surface area contributed by atoms with Crippen LogP contribution in [0.15, 0.2) is 61.1 Å². The predicted molar refractivity (Wildman–Crippen MR) is 153 cm³/mol. The molecule has 3 heterocycles. The summed E-state index contributed by atoms with van der Waals surface area (Å²) in [7, 11) is 1.61. The number of carbonyl (C=O) groups is 1. The van der Waals surface area contributed by atoms with Crippen LogP contribution in [0.3, 0.4) is 0 Å². The summed E-state index contributed by atoms with van der Waals surface area (Å²) in [6.07, 6.45) is 0.155. The van der Waals surface area contributed by atoms with E-state index in [9.17, 15) is 18.0 Å². The molecule has 1 N–H and O–H groups in total. The van der Waals surface area contributed by atoms with Crippen molar-refractivity contribution >= 4 is 22.5 Å². The normalized spacial score (nSPS) is 14.6. The van der Waals surface area contributed by atoms with E-state index in [0.717, 1.165) is 61.2 Å². The molecule has 42 heavy (non-hydrogen) atoms. The predicted octanol–water partition coefficient (Wildman–Crippen LogP) is 6.01. The molecule has 1 aliphatic heterocycles. The third-order valence-electron chi connectivity index (χ3n) is 7.47. The Morgan fingerprint density at radius 2 is 1.79 bits per heavy atom. The monoisotopic (exact) mass is 579 g/mol. The number of nitrogens with zero attached hydrogens (tertiary/aromatic N) is 4. The second kappa shape index (κ2) is 12.7. The van der Waals surface area contributed by atoms with Crippen molar-refractivity contribution in [2.24, 2.45) is 5.92 Å². The van der Waals surface area contributed by atoms with Gasteiger partial charge in [-0.15, -0.1) is 0 Å². The number of carbonyl (C=O) groups excluding carboxylic acids is 1. The summed E-state index contributed by atoms with van der Waals surface area (Å²) in [6, 6.07) is 13.0. The van der Waals surface area contributed by atoms with Crippen LogP contribution in [0, 0.1) is 5.92 Å². The number of fused-ring (bicyclic) bond motifs is 1. The number of amides is 1. The molecule has 220 valence electrons. The van der Waals surface area contributed by atoms with Crippen molar-refractivity contribution in [1.82, 2.24) is 19.9 Å². The van der Waals surface area contributed by atoms with Gasteiger partial charge in [0.25, 0.3) is 0 Å². The molecule has 1 amide bonds. The number of alkyl halides is 3. The highest BCUT2D eigenvalue weighted by molar-refractivity contribution is 5.95. The first-order valence-electron chi connectivity index (χ1n) is 13.8. The van der Waals surface area contributed by atoms with E-state index in [1.807, 2.05) is 24.3 Å². The number of likely N-dealkylation sites (tertiary alicyclic amines) is 1. The molecule has 4 aromatic rings. The van der Waals surface area contributed by atoms with Crippen LogP contribution in [0.1, 0.15) is 31.0 Å². The minimum Gasteiger partial charge on any atom is -0.493 e. The van der Waals surface area contributed by atoms with Gasteiger partial charge in [0, 0.05) is 28.9 Å². The molecule has 0 saturated carbocycles. The van der Waals surface area contributed by atoms with Crippen LogP contribution in [0.25, 0.3) is 22.2 Å². The van der Waals surface area contributed by atoms with Gasteiger partial charge in [-0.2, -0.15) is 13.2 Å². The topological polar surface area (TPSA) is 89.5 Å². The molecule has 1 fully saturated rings. The van der Waals surface area contributed by atoms with Crippen LogP contribution in [-0.2, 0) is 17.4 Å². The summed E-state index contributed by atoms with van der Waals surface area (Å²) in [5.41, 5.74) is 2.16. The Hall–Kier alpha value is -4.25. The lowest BCUT2D eigenvalue weighted by Crippen LogP contribution is -2.35. The lowest BCUT2D eigenvalue weighted by molar-refractivity contribution is -0.141. The van der Waals surface area contributed by atoms with Gasteiger partial charge in [-0.25, -0.2) is 9.97 Å². The third-order valence-corrected chi connectivity index (χ3v) is 7.47. The SMILES string of the molecule is CCN1CCC(COc2cc3ncnc(-c4ccc(NC(=O)Cc5ccc(C(F)(F)F)nc5)cc4)c3cc2OC)CC1. The number of pyridine rings is 1. The molecular weight excluding hydrogens is 547 g/mol. The first-order chi connectivity index (χ1) is 20.2. The van der Waals surface area contributed by atoms with Crippen molar-refractivity contribution in [3.63, 3.8) is 0 Å². The number of aromatic nitrogens is 3. The molecule has 0 atom stereocenters. The van der Waals surface area contributed by atoms with Gasteiger partial charge < -0.3 is 19.7 Å². The molecule has 2 aromatic heterocycles. The van der Waals surface area contributed by atoms with Crippen molar-refractivity contribution in [1.29, 1.82) is 0 Å². The Labute approximate surface area is 241 Å². The zero-order valence-electron chi connectivity index (χ0n) is 23.4. The maximum absolute atomic E-state index is 12.7. The molecule has 0 aliphatic carbocycles. The molecule has 8 nitrogen and oxygen atoms in total. The molecule has 0 radical (unpaired) electrons. The molecule has 1 aliphatic rings. The highest BCUT2D eigenvalue weighted by Crippen LogP contribution is 2.36. The second-order valence-electron chi connectivity index (χ2n) is 10.3. The fourth-order valence-electron chi connectivity index (χ4n) is 5.04. The number of nitrogens with one attached hydrogen (secondary N) is 1. The molecular formula is C31H32F3N5O3. The number of methoxy groups -OCH3 is 1. The summed E-state index contributed by atoms with van der Waals surface area (Å²) in [6.45, 7) is 6.08. The van der Waals surface area contributed by atoms with Crippen molar-refractivity contribution in [2.75, 3.05) is 38.7 Å². The number of piperidine rings is 1. The fraction of sp³-hybridized carbons (Fsp3) is 0.355. The zero-order chi connectivity index (χ0) is 29.7. The van der Waals surface area contributed by atoms with Gasteiger partial charge in [0.15, 0.2) is 11.5 Å². The van der Waals surface area contributed by atoms with Gasteiger partial charge in [0.1, 0.15) is 12.0 Å². The molecule has 0 unspecified atom stereocenters. The smallest absolute Gasteiger partial charge is 0.433 e. The van der Waals surface area contributed by atoms with Crippen LogP contribution < -0.4 is 14.8 Å². The van der Waals surface area contributed by atoms with E-state index in [4.69, 9.17) is 9.47 Å². The summed E-state index contributed by atoms with van der Waals surface area (Å²) >= 11 is 0. The Bertz CT molecular complexity index is 1520. The lowest BCUT2D eigenvalue weighted by atomic mass is 9.98. The molecule has 0 spiro atoms. The minimum absolute atomic E-state index is 0.106. The zero-order valence-corrected chi connectivity index (χ0v) is 23.4. The number of anilines is 1. The average molecular weight is 580 g/mol. The highest BCUT2D eigenvalue weighted by atomic mass is 19.4. The van der Waals surface area contributed by atoms with Gasteiger partial charge in [0.2, 0.25) is 5.91 Å².